The third kappa shape index (κ3) is 4.27. The highest BCUT2D eigenvalue weighted by molar-refractivity contribution is 5.95. The molecule has 2 aromatic carbocycles. The predicted octanol–water partition coefficient (Wildman–Crippen LogP) is 3.08. The quantitative estimate of drug-likeness (QED) is 0.857. The van der Waals surface area contributed by atoms with Gasteiger partial charge in [-0.25, -0.2) is 0 Å². The summed E-state index contributed by atoms with van der Waals surface area (Å²) >= 11 is 0. The Morgan fingerprint density at radius 2 is 1.85 bits per heavy atom. The average Bonchev–Trinajstić information content (AvgIpc) is 2.87. The summed E-state index contributed by atoms with van der Waals surface area (Å²) in [6.07, 6.45) is -3.67. The van der Waals surface area contributed by atoms with Gasteiger partial charge in [-0.3, -0.25) is 9.59 Å². The van der Waals surface area contributed by atoms with Gasteiger partial charge in [0.15, 0.2) is 11.5 Å². The molecular weight excluding hydrogens is 346 g/mol. The van der Waals surface area contributed by atoms with Gasteiger partial charge < -0.3 is 20.1 Å². The van der Waals surface area contributed by atoms with Gasteiger partial charge in [0, 0.05) is 30.3 Å². The summed E-state index contributed by atoms with van der Waals surface area (Å²) in [4.78, 5) is 23.9. The lowest BCUT2D eigenvalue weighted by molar-refractivity contribution is -0.286. The van der Waals surface area contributed by atoms with Crippen molar-refractivity contribution in [2.45, 2.75) is 19.6 Å². The molecule has 0 aliphatic carbocycles. The van der Waals surface area contributed by atoms with E-state index >= 15 is 0 Å². The Balaban J connectivity index is 1.49. The fourth-order valence-electron chi connectivity index (χ4n) is 2.43. The fraction of sp³-hybridized carbons (Fsp3) is 0.222. The Kier molecular flexibility index (Phi) is 4.75. The molecular formula is C18H16F2N2O4. The second-order valence-electron chi connectivity index (χ2n) is 5.75. The van der Waals surface area contributed by atoms with Crippen LogP contribution in [0.2, 0.25) is 0 Å². The van der Waals surface area contributed by atoms with Gasteiger partial charge in [0.05, 0.1) is 0 Å². The largest absolute Gasteiger partial charge is 0.586 e. The second kappa shape index (κ2) is 6.99. The highest BCUT2D eigenvalue weighted by Gasteiger charge is 2.43. The number of amides is 2. The number of hydrogen-bond acceptors (Lipinski definition) is 4. The zero-order valence-electron chi connectivity index (χ0n) is 13.8. The van der Waals surface area contributed by atoms with Crippen LogP contribution in [0.5, 0.6) is 11.5 Å². The van der Waals surface area contributed by atoms with Crippen LogP contribution in [-0.4, -0.2) is 24.7 Å². The Morgan fingerprint density at radius 3 is 2.62 bits per heavy atom. The maximum Gasteiger partial charge on any atom is 0.586 e. The number of nitrogens with one attached hydrogen (secondary N) is 2. The molecule has 26 heavy (non-hydrogen) atoms. The van der Waals surface area contributed by atoms with E-state index in [9.17, 15) is 18.4 Å². The second-order valence-corrected chi connectivity index (χ2v) is 5.75. The molecule has 3 rings (SSSR count). The molecule has 0 radical (unpaired) electrons. The lowest BCUT2D eigenvalue weighted by Crippen LogP contribution is -2.27. The van der Waals surface area contributed by atoms with E-state index in [1.54, 1.807) is 18.2 Å². The molecule has 6 nitrogen and oxygen atoms in total. The lowest BCUT2D eigenvalue weighted by atomic mass is 10.1. The van der Waals surface area contributed by atoms with Crippen LogP contribution in [0.1, 0.15) is 22.3 Å². The van der Waals surface area contributed by atoms with E-state index < -0.39 is 6.29 Å². The van der Waals surface area contributed by atoms with E-state index in [0.717, 1.165) is 5.56 Å². The molecule has 1 aliphatic heterocycles. The number of carbonyl (C=O) groups excluding carboxylic acids is 2. The van der Waals surface area contributed by atoms with Gasteiger partial charge in [-0.1, -0.05) is 17.7 Å². The Morgan fingerprint density at radius 1 is 1.08 bits per heavy atom. The maximum atomic E-state index is 13.0. The first kappa shape index (κ1) is 17.7. The van der Waals surface area contributed by atoms with Crippen LogP contribution in [0.3, 0.4) is 0 Å². The normalized spacial score (nSPS) is 14.0. The van der Waals surface area contributed by atoms with E-state index in [2.05, 4.69) is 20.1 Å². The molecule has 1 aliphatic rings. The molecule has 2 amide bonds. The summed E-state index contributed by atoms with van der Waals surface area (Å²) < 4.78 is 34.5. The first-order valence-electron chi connectivity index (χ1n) is 7.87. The van der Waals surface area contributed by atoms with Crippen molar-refractivity contribution in [3.63, 3.8) is 0 Å². The van der Waals surface area contributed by atoms with Crippen molar-refractivity contribution in [3.8, 4) is 11.5 Å². The monoisotopic (exact) mass is 362 g/mol. The van der Waals surface area contributed by atoms with E-state index in [-0.39, 0.29) is 36.3 Å². The van der Waals surface area contributed by atoms with Gasteiger partial charge in [0.2, 0.25) is 5.91 Å². The predicted molar refractivity (Wildman–Crippen MR) is 89.4 cm³/mol. The molecule has 0 aromatic heterocycles. The molecule has 1 heterocycles. The van der Waals surface area contributed by atoms with E-state index in [4.69, 9.17) is 0 Å². The first-order chi connectivity index (χ1) is 12.3. The summed E-state index contributed by atoms with van der Waals surface area (Å²) in [6.45, 7) is 2.02. The first-order valence-corrected chi connectivity index (χ1v) is 7.87. The summed E-state index contributed by atoms with van der Waals surface area (Å²) in [5, 5.41) is 5.20. The minimum atomic E-state index is -3.70. The minimum Gasteiger partial charge on any atom is -0.395 e. The van der Waals surface area contributed by atoms with Gasteiger partial charge in [-0.05, 0) is 31.2 Å². The van der Waals surface area contributed by atoms with E-state index in [0.29, 0.717) is 11.3 Å². The van der Waals surface area contributed by atoms with Crippen molar-refractivity contribution in [1.29, 1.82) is 0 Å². The highest BCUT2D eigenvalue weighted by Crippen LogP contribution is 2.42. The van der Waals surface area contributed by atoms with Crippen LogP contribution < -0.4 is 20.1 Å². The standard InChI is InChI=1S/C18H16F2N2O4/c1-11-3-2-4-12(9-11)17(24)21-8-7-16(23)22-13-5-6-14-15(10-13)26-18(19,20)25-14/h2-6,9-10H,7-8H2,1H3,(H,21,24)(H,22,23). The number of ether oxygens (including phenoxy) is 2. The van der Waals surface area contributed by atoms with Crippen molar-refractivity contribution in [2.75, 3.05) is 11.9 Å². The third-order valence-corrected chi connectivity index (χ3v) is 3.60. The number of fused-ring (bicyclic) bond motifs is 1. The Bertz CT molecular complexity index is 855. The van der Waals surface area contributed by atoms with Gasteiger partial charge >= 0.3 is 6.29 Å². The van der Waals surface area contributed by atoms with Crippen LogP contribution in [0.4, 0.5) is 14.5 Å². The molecule has 0 saturated carbocycles. The van der Waals surface area contributed by atoms with E-state index in [1.807, 2.05) is 13.0 Å². The molecule has 0 saturated heterocycles. The molecule has 0 fully saturated rings. The van der Waals surface area contributed by atoms with Crippen molar-refractivity contribution in [2.24, 2.45) is 0 Å². The Labute approximate surface area is 148 Å². The van der Waals surface area contributed by atoms with E-state index in [1.165, 1.54) is 18.2 Å². The molecule has 0 spiro atoms. The summed E-state index contributed by atoms with van der Waals surface area (Å²) in [7, 11) is 0. The number of anilines is 1. The molecule has 136 valence electrons. The third-order valence-electron chi connectivity index (χ3n) is 3.60. The molecule has 2 N–H and O–H groups in total. The number of aryl methyl sites for hydroxylation is 1. The number of rotatable bonds is 5. The molecule has 0 atom stereocenters. The van der Waals surface area contributed by atoms with Gasteiger partial charge in [-0.15, -0.1) is 8.78 Å². The number of carbonyl (C=O) groups is 2. The number of alkyl halides is 2. The van der Waals surface area contributed by atoms with Crippen molar-refractivity contribution in [1.82, 2.24) is 5.32 Å². The summed E-state index contributed by atoms with van der Waals surface area (Å²) in [6, 6.07) is 11.0. The van der Waals surface area contributed by atoms with Crippen LogP contribution in [-0.2, 0) is 4.79 Å². The number of hydrogen-bond donors (Lipinski definition) is 2. The Hall–Kier alpha value is -3.16. The topological polar surface area (TPSA) is 76.7 Å². The average molecular weight is 362 g/mol. The SMILES string of the molecule is Cc1cccc(C(=O)NCCC(=O)Nc2ccc3c(c2)OC(F)(F)O3)c1. The van der Waals surface area contributed by atoms with Crippen LogP contribution in [0, 0.1) is 6.92 Å². The molecule has 2 aromatic rings. The van der Waals surface area contributed by atoms with Crippen molar-refractivity contribution >= 4 is 17.5 Å². The van der Waals surface area contributed by atoms with Crippen molar-refractivity contribution in [3.05, 3.63) is 53.6 Å². The summed E-state index contributed by atoms with van der Waals surface area (Å²) in [5.74, 6) is -0.897. The van der Waals surface area contributed by atoms with Crippen LogP contribution in [0.25, 0.3) is 0 Å². The smallest absolute Gasteiger partial charge is 0.395 e. The zero-order chi connectivity index (χ0) is 18.7. The maximum absolute atomic E-state index is 13.0. The summed E-state index contributed by atoms with van der Waals surface area (Å²) in [5.41, 5.74) is 1.77. The molecule has 8 heteroatoms. The minimum absolute atomic E-state index is 0.0299. The van der Waals surface area contributed by atoms with Crippen molar-refractivity contribution < 1.29 is 27.8 Å². The number of benzene rings is 2. The van der Waals surface area contributed by atoms with Crippen LogP contribution in [0.15, 0.2) is 42.5 Å². The molecule has 0 unspecified atom stereocenters. The van der Waals surface area contributed by atoms with Crippen LogP contribution >= 0.6 is 0 Å². The molecule has 0 bridgehead atoms. The lowest BCUT2D eigenvalue weighted by Gasteiger charge is -2.08. The highest BCUT2D eigenvalue weighted by atomic mass is 19.3. The number of halogens is 2. The van der Waals surface area contributed by atoms with Gasteiger partial charge in [-0.2, -0.15) is 0 Å². The zero-order valence-corrected chi connectivity index (χ0v) is 13.8. The fourth-order valence-corrected chi connectivity index (χ4v) is 2.43. The van der Waals surface area contributed by atoms with Gasteiger partial charge in [0.25, 0.3) is 5.91 Å². The van der Waals surface area contributed by atoms with Gasteiger partial charge in [0.1, 0.15) is 0 Å².